The number of nitrogens with zero attached hydrogens (tertiary/aromatic N) is 3. The van der Waals surface area contributed by atoms with Crippen molar-refractivity contribution in [1.82, 2.24) is 14.5 Å². The Hall–Kier alpha value is -1.39. The molecule has 0 aliphatic heterocycles. The van der Waals surface area contributed by atoms with E-state index in [2.05, 4.69) is 26.7 Å². The normalized spacial score (nSPS) is 23.6. The highest BCUT2D eigenvalue weighted by molar-refractivity contribution is 6.33. The first-order valence-electron chi connectivity index (χ1n) is 5.56. The molecule has 0 spiro atoms. The molecule has 0 bridgehead atoms. The fourth-order valence-corrected chi connectivity index (χ4v) is 2.49. The minimum atomic E-state index is 0.196. The molecule has 88 valence electrons. The zero-order valence-corrected chi connectivity index (χ0v) is 9.88. The van der Waals surface area contributed by atoms with E-state index in [1.807, 2.05) is 12.3 Å². The predicted molar refractivity (Wildman–Crippen MR) is 65.9 cm³/mol. The Labute approximate surface area is 104 Å². The van der Waals surface area contributed by atoms with Gasteiger partial charge in [0.15, 0.2) is 0 Å². The summed E-state index contributed by atoms with van der Waals surface area (Å²) >= 11 is 6.01. The van der Waals surface area contributed by atoms with E-state index in [1.165, 1.54) is 6.33 Å². The molecule has 0 aromatic carbocycles. The molecule has 0 amide bonds. The highest BCUT2D eigenvalue weighted by atomic mass is 35.5. The summed E-state index contributed by atoms with van der Waals surface area (Å²) in [5.74, 6) is 0.245. The van der Waals surface area contributed by atoms with E-state index in [4.69, 9.17) is 16.7 Å². The molecule has 1 N–H and O–H groups in total. The van der Waals surface area contributed by atoms with Gasteiger partial charge in [0, 0.05) is 18.7 Å². The number of aromatic nitrogens is 3. The summed E-state index contributed by atoms with van der Waals surface area (Å²) in [5, 5.41) is 10.5. The fraction of sp³-hybridized carbons (Fsp3) is 0.333. The molecule has 1 aliphatic carbocycles. The van der Waals surface area contributed by atoms with Crippen LogP contribution in [0.3, 0.4) is 0 Å². The standard InChI is InChI=1S/C12H12ClN3O/c13-11-10-3-4-16(12(10)15-7-14-11)9-2-1-8(5-9)6-17/h1-4,7-9,17H,5-6H2. The molecule has 0 saturated carbocycles. The molecule has 5 heteroatoms. The van der Waals surface area contributed by atoms with Gasteiger partial charge in [0.25, 0.3) is 0 Å². The molecule has 17 heavy (non-hydrogen) atoms. The van der Waals surface area contributed by atoms with Gasteiger partial charge in [-0.2, -0.15) is 0 Å². The molecular weight excluding hydrogens is 238 g/mol. The molecular formula is C12H12ClN3O. The van der Waals surface area contributed by atoms with Crippen molar-refractivity contribution in [3.8, 4) is 0 Å². The van der Waals surface area contributed by atoms with Gasteiger partial charge in [0.05, 0.1) is 11.4 Å². The number of fused-ring (bicyclic) bond motifs is 1. The molecule has 2 aromatic rings. The first kappa shape index (κ1) is 10.7. The average Bonchev–Trinajstić information content (AvgIpc) is 2.94. The lowest BCUT2D eigenvalue weighted by Crippen LogP contribution is -2.07. The number of rotatable bonds is 2. The maximum atomic E-state index is 9.13. The van der Waals surface area contributed by atoms with Gasteiger partial charge in [-0.15, -0.1) is 0 Å². The van der Waals surface area contributed by atoms with Crippen LogP contribution in [0.1, 0.15) is 12.5 Å². The molecule has 2 atom stereocenters. The van der Waals surface area contributed by atoms with Gasteiger partial charge >= 0.3 is 0 Å². The first-order valence-corrected chi connectivity index (χ1v) is 5.93. The third-order valence-corrected chi connectivity index (χ3v) is 3.50. The zero-order chi connectivity index (χ0) is 11.8. The summed E-state index contributed by atoms with van der Waals surface area (Å²) in [6.45, 7) is 0.196. The maximum absolute atomic E-state index is 9.13. The van der Waals surface area contributed by atoms with Crippen molar-refractivity contribution >= 4 is 22.6 Å². The van der Waals surface area contributed by atoms with Gasteiger partial charge in [-0.3, -0.25) is 0 Å². The second kappa shape index (κ2) is 4.13. The lowest BCUT2D eigenvalue weighted by Gasteiger charge is -2.13. The van der Waals surface area contributed by atoms with Gasteiger partial charge in [-0.25, -0.2) is 9.97 Å². The Morgan fingerprint density at radius 1 is 1.41 bits per heavy atom. The summed E-state index contributed by atoms with van der Waals surface area (Å²) in [5.41, 5.74) is 0.846. The van der Waals surface area contributed by atoms with Gasteiger partial charge in [0.1, 0.15) is 17.1 Å². The van der Waals surface area contributed by atoms with Crippen LogP contribution in [0.2, 0.25) is 5.15 Å². The van der Waals surface area contributed by atoms with Crippen molar-refractivity contribution in [2.24, 2.45) is 5.92 Å². The van der Waals surface area contributed by atoms with Crippen LogP contribution in [0.4, 0.5) is 0 Å². The average molecular weight is 250 g/mol. The lowest BCUT2D eigenvalue weighted by molar-refractivity contribution is 0.244. The van der Waals surface area contributed by atoms with E-state index in [0.29, 0.717) is 5.15 Å². The van der Waals surface area contributed by atoms with Crippen molar-refractivity contribution in [1.29, 1.82) is 0 Å². The first-order chi connectivity index (χ1) is 8.29. The third-order valence-electron chi connectivity index (χ3n) is 3.20. The molecule has 0 radical (unpaired) electrons. The monoisotopic (exact) mass is 249 g/mol. The zero-order valence-electron chi connectivity index (χ0n) is 9.12. The van der Waals surface area contributed by atoms with E-state index in [1.54, 1.807) is 0 Å². The van der Waals surface area contributed by atoms with Crippen molar-refractivity contribution in [2.45, 2.75) is 12.5 Å². The van der Waals surface area contributed by atoms with Crippen LogP contribution in [-0.2, 0) is 0 Å². The van der Waals surface area contributed by atoms with Crippen LogP contribution in [0.25, 0.3) is 11.0 Å². The fourth-order valence-electron chi connectivity index (χ4n) is 2.30. The van der Waals surface area contributed by atoms with Crippen molar-refractivity contribution < 1.29 is 5.11 Å². The van der Waals surface area contributed by atoms with Crippen LogP contribution in [0.15, 0.2) is 30.7 Å². The van der Waals surface area contributed by atoms with E-state index < -0.39 is 0 Å². The van der Waals surface area contributed by atoms with E-state index in [0.717, 1.165) is 17.5 Å². The minimum Gasteiger partial charge on any atom is -0.396 e. The molecule has 3 rings (SSSR count). The number of hydrogen-bond donors (Lipinski definition) is 1. The van der Waals surface area contributed by atoms with Gasteiger partial charge in [-0.1, -0.05) is 23.8 Å². The number of allylic oxidation sites excluding steroid dienone is 1. The van der Waals surface area contributed by atoms with E-state index in [-0.39, 0.29) is 18.6 Å². The topological polar surface area (TPSA) is 50.9 Å². The molecule has 0 fully saturated rings. The largest absolute Gasteiger partial charge is 0.396 e. The summed E-state index contributed by atoms with van der Waals surface area (Å²) < 4.78 is 2.08. The molecule has 2 unspecified atom stereocenters. The van der Waals surface area contributed by atoms with Gasteiger partial charge in [-0.05, 0) is 12.5 Å². The molecule has 1 aliphatic rings. The van der Waals surface area contributed by atoms with Gasteiger partial charge in [0.2, 0.25) is 0 Å². The Morgan fingerprint density at radius 2 is 2.29 bits per heavy atom. The highest BCUT2D eigenvalue weighted by Gasteiger charge is 2.21. The Balaban J connectivity index is 2.02. The number of aliphatic hydroxyl groups excluding tert-OH is 1. The smallest absolute Gasteiger partial charge is 0.145 e. The summed E-state index contributed by atoms with van der Waals surface area (Å²) in [4.78, 5) is 8.23. The van der Waals surface area contributed by atoms with Crippen molar-refractivity contribution in [3.05, 3.63) is 35.9 Å². The number of aliphatic hydroxyl groups is 1. The lowest BCUT2D eigenvalue weighted by atomic mass is 10.1. The second-order valence-corrected chi connectivity index (χ2v) is 4.61. The summed E-state index contributed by atoms with van der Waals surface area (Å²) in [7, 11) is 0. The molecule has 0 saturated heterocycles. The summed E-state index contributed by atoms with van der Waals surface area (Å²) in [6, 6.07) is 2.17. The van der Waals surface area contributed by atoms with Crippen LogP contribution < -0.4 is 0 Å². The van der Waals surface area contributed by atoms with Crippen molar-refractivity contribution in [2.75, 3.05) is 6.61 Å². The molecule has 2 aromatic heterocycles. The molecule has 4 nitrogen and oxygen atoms in total. The quantitative estimate of drug-likeness (QED) is 0.656. The third kappa shape index (κ3) is 1.73. The Morgan fingerprint density at radius 3 is 3.06 bits per heavy atom. The maximum Gasteiger partial charge on any atom is 0.145 e. The van der Waals surface area contributed by atoms with Gasteiger partial charge < -0.3 is 9.67 Å². The Bertz CT molecular complexity index is 578. The second-order valence-electron chi connectivity index (χ2n) is 4.26. The summed E-state index contributed by atoms with van der Waals surface area (Å²) in [6.07, 6.45) is 8.51. The SMILES string of the molecule is OCC1C=CC(n2ccc3c(Cl)ncnc32)C1. The van der Waals surface area contributed by atoms with Crippen LogP contribution >= 0.6 is 11.6 Å². The number of hydrogen-bond acceptors (Lipinski definition) is 3. The van der Waals surface area contributed by atoms with Crippen LogP contribution in [0.5, 0.6) is 0 Å². The minimum absolute atomic E-state index is 0.196. The van der Waals surface area contributed by atoms with Crippen molar-refractivity contribution in [3.63, 3.8) is 0 Å². The predicted octanol–water partition coefficient (Wildman–Crippen LogP) is 2.19. The molecule has 2 heterocycles. The van der Waals surface area contributed by atoms with Crippen LogP contribution in [-0.4, -0.2) is 26.2 Å². The van der Waals surface area contributed by atoms with Crippen LogP contribution in [0, 0.1) is 5.92 Å². The highest BCUT2D eigenvalue weighted by Crippen LogP contribution is 2.31. The van der Waals surface area contributed by atoms with E-state index >= 15 is 0 Å². The number of halogens is 1. The van der Waals surface area contributed by atoms with E-state index in [9.17, 15) is 0 Å². The Kier molecular flexibility index (Phi) is 2.61.